The second-order valence-electron chi connectivity index (χ2n) is 4.69. The first-order valence-corrected chi connectivity index (χ1v) is 8.14. The molecule has 1 atom stereocenters. The summed E-state index contributed by atoms with van der Waals surface area (Å²) in [6.45, 7) is 0.601. The summed E-state index contributed by atoms with van der Waals surface area (Å²) < 4.78 is 12.2. The first-order chi connectivity index (χ1) is 10.2. The van der Waals surface area contributed by atoms with Crippen molar-refractivity contribution in [2.75, 3.05) is 19.6 Å². The summed E-state index contributed by atoms with van der Waals surface area (Å²) >= 11 is 9.59. The largest absolute Gasteiger partial charge is 0.493 e. The number of benzene rings is 2. The van der Waals surface area contributed by atoms with Crippen LogP contribution in [0.15, 0.2) is 53.0 Å². The van der Waals surface area contributed by atoms with Gasteiger partial charge in [-0.2, -0.15) is 0 Å². The zero-order chi connectivity index (χ0) is 15.1. The van der Waals surface area contributed by atoms with E-state index in [-0.39, 0.29) is 5.92 Å². The lowest BCUT2D eigenvalue weighted by molar-refractivity contribution is 0.282. The minimum atomic E-state index is 0.277. The minimum Gasteiger partial charge on any atom is -0.493 e. The van der Waals surface area contributed by atoms with Crippen LogP contribution in [-0.4, -0.2) is 19.6 Å². The smallest absolute Gasteiger partial charge is 0.161 e. The third kappa shape index (κ3) is 4.65. The van der Waals surface area contributed by atoms with Gasteiger partial charge in [-0.05, 0) is 36.2 Å². The van der Waals surface area contributed by atoms with Crippen LogP contribution in [0.4, 0.5) is 0 Å². The second kappa shape index (κ2) is 8.30. The molecule has 0 aliphatic heterocycles. The van der Waals surface area contributed by atoms with Gasteiger partial charge in [-0.25, -0.2) is 0 Å². The number of hydrogen-bond acceptors (Lipinski definition) is 2. The van der Waals surface area contributed by atoms with Gasteiger partial charge in [-0.3, -0.25) is 0 Å². The highest BCUT2D eigenvalue weighted by Gasteiger charge is 2.12. The minimum absolute atomic E-state index is 0.277. The Bertz CT molecular complexity index is 574. The average molecular weight is 370 g/mol. The molecule has 2 rings (SSSR count). The number of halogens is 2. The van der Waals surface area contributed by atoms with E-state index in [0.717, 1.165) is 22.4 Å². The molecule has 1 unspecified atom stereocenters. The number of methoxy groups -OCH3 is 1. The van der Waals surface area contributed by atoms with Crippen molar-refractivity contribution in [3.05, 3.63) is 58.6 Å². The van der Waals surface area contributed by atoms with Crippen molar-refractivity contribution < 1.29 is 9.47 Å². The molecule has 0 aromatic heterocycles. The van der Waals surface area contributed by atoms with Crippen LogP contribution in [0, 0.1) is 0 Å². The molecule has 0 aliphatic carbocycles. The molecule has 0 saturated heterocycles. The molecule has 0 spiro atoms. The second-order valence-corrected chi connectivity index (χ2v) is 5.92. The van der Waals surface area contributed by atoms with Crippen molar-refractivity contribution in [2.24, 2.45) is 0 Å². The molecule has 2 aromatic rings. The van der Waals surface area contributed by atoms with Crippen molar-refractivity contribution in [1.29, 1.82) is 0 Å². The molecule has 2 nitrogen and oxygen atoms in total. The highest BCUT2D eigenvalue weighted by Crippen LogP contribution is 2.28. The zero-order valence-electron chi connectivity index (χ0n) is 11.9. The van der Waals surface area contributed by atoms with Crippen LogP contribution in [0.1, 0.15) is 17.9 Å². The van der Waals surface area contributed by atoms with Crippen molar-refractivity contribution in [2.45, 2.75) is 12.3 Å². The maximum atomic E-state index is 6.10. The van der Waals surface area contributed by atoms with Gasteiger partial charge in [0.1, 0.15) is 0 Å². The van der Waals surface area contributed by atoms with E-state index in [4.69, 9.17) is 21.1 Å². The highest BCUT2D eigenvalue weighted by atomic mass is 79.9. The van der Waals surface area contributed by atoms with Gasteiger partial charge in [0.05, 0.1) is 13.7 Å². The Morgan fingerprint density at radius 2 is 1.86 bits per heavy atom. The first-order valence-electron chi connectivity index (χ1n) is 6.82. The van der Waals surface area contributed by atoms with Gasteiger partial charge in [0, 0.05) is 16.3 Å². The van der Waals surface area contributed by atoms with Gasteiger partial charge in [0.25, 0.3) is 0 Å². The Kier molecular flexibility index (Phi) is 6.40. The molecule has 0 N–H and O–H groups in total. The number of para-hydroxylation sites is 2. The number of alkyl halides is 1. The van der Waals surface area contributed by atoms with Crippen LogP contribution in [-0.2, 0) is 0 Å². The molecule has 0 heterocycles. The molecule has 21 heavy (non-hydrogen) atoms. The maximum absolute atomic E-state index is 6.10. The normalized spacial score (nSPS) is 12.0. The number of ether oxygens (including phenoxy) is 2. The lowest BCUT2D eigenvalue weighted by atomic mass is 9.98. The lowest BCUT2D eigenvalue weighted by Gasteiger charge is -2.16. The number of rotatable bonds is 7. The van der Waals surface area contributed by atoms with Crippen LogP contribution in [0.2, 0.25) is 0 Å². The molecule has 0 fully saturated rings. The molecule has 0 saturated carbocycles. The molecule has 0 aliphatic rings. The van der Waals surface area contributed by atoms with Crippen LogP contribution in [0.5, 0.6) is 11.5 Å². The summed E-state index contributed by atoms with van der Waals surface area (Å²) in [6, 6.07) is 15.9. The Balaban J connectivity index is 1.95. The standard InChI is InChI=1S/C17H18BrClO2/c1-20-16-7-2-3-8-17(16)21-10-9-14(12-19)13-5-4-6-15(18)11-13/h2-8,11,14H,9-10,12H2,1H3. The maximum Gasteiger partial charge on any atom is 0.161 e. The Morgan fingerprint density at radius 3 is 2.52 bits per heavy atom. The van der Waals surface area contributed by atoms with Gasteiger partial charge in [0.15, 0.2) is 11.5 Å². The zero-order valence-corrected chi connectivity index (χ0v) is 14.2. The fourth-order valence-electron chi connectivity index (χ4n) is 2.14. The van der Waals surface area contributed by atoms with E-state index in [1.165, 1.54) is 5.56 Å². The van der Waals surface area contributed by atoms with Crippen molar-refractivity contribution in [1.82, 2.24) is 0 Å². The first kappa shape index (κ1) is 16.2. The van der Waals surface area contributed by atoms with Crippen molar-refractivity contribution in [3.63, 3.8) is 0 Å². The van der Waals surface area contributed by atoms with Gasteiger partial charge >= 0.3 is 0 Å². The van der Waals surface area contributed by atoms with E-state index in [9.17, 15) is 0 Å². The van der Waals surface area contributed by atoms with E-state index in [1.54, 1.807) is 7.11 Å². The fourth-order valence-corrected chi connectivity index (χ4v) is 2.89. The van der Waals surface area contributed by atoms with Crippen LogP contribution in [0.25, 0.3) is 0 Å². The third-order valence-electron chi connectivity index (χ3n) is 3.30. The molecule has 112 valence electrons. The molecule has 0 bridgehead atoms. The van der Waals surface area contributed by atoms with Gasteiger partial charge in [-0.1, -0.05) is 40.2 Å². The van der Waals surface area contributed by atoms with Crippen LogP contribution in [0.3, 0.4) is 0 Å². The van der Waals surface area contributed by atoms with E-state index in [1.807, 2.05) is 36.4 Å². The highest BCUT2D eigenvalue weighted by molar-refractivity contribution is 9.10. The van der Waals surface area contributed by atoms with Crippen molar-refractivity contribution in [3.8, 4) is 11.5 Å². The molecule has 0 radical (unpaired) electrons. The average Bonchev–Trinajstić information content (AvgIpc) is 2.52. The Morgan fingerprint density at radius 1 is 1.10 bits per heavy atom. The van der Waals surface area contributed by atoms with E-state index < -0.39 is 0 Å². The summed E-state index contributed by atoms with van der Waals surface area (Å²) in [6.07, 6.45) is 0.859. The topological polar surface area (TPSA) is 18.5 Å². The monoisotopic (exact) mass is 368 g/mol. The van der Waals surface area contributed by atoms with E-state index in [2.05, 4.69) is 28.1 Å². The van der Waals surface area contributed by atoms with Gasteiger partial charge in [0.2, 0.25) is 0 Å². The number of hydrogen-bond donors (Lipinski definition) is 0. The van der Waals surface area contributed by atoms with Gasteiger partial charge < -0.3 is 9.47 Å². The molecular formula is C17H18BrClO2. The lowest BCUT2D eigenvalue weighted by Crippen LogP contribution is -2.08. The Hall–Kier alpha value is -1.19. The predicted molar refractivity (Wildman–Crippen MR) is 90.7 cm³/mol. The summed E-state index contributed by atoms with van der Waals surface area (Å²) in [5.74, 6) is 2.37. The SMILES string of the molecule is COc1ccccc1OCCC(CCl)c1cccc(Br)c1. The molecule has 2 aromatic carbocycles. The summed E-state index contributed by atoms with van der Waals surface area (Å²) in [7, 11) is 1.64. The van der Waals surface area contributed by atoms with E-state index >= 15 is 0 Å². The molecular weight excluding hydrogens is 352 g/mol. The summed E-state index contributed by atoms with van der Waals surface area (Å²) in [5.41, 5.74) is 1.23. The Labute approximate surface area is 139 Å². The predicted octanol–water partition coefficient (Wildman–Crippen LogP) is 5.25. The summed E-state index contributed by atoms with van der Waals surface area (Å²) in [5, 5.41) is 0. The third-order valence-corrected chi connectivity index (χ3v) is 4.17. The summed E-state index contributed by atoms with van der Waals surface area (Å²) in [4.78, 5) is 0. The van der Waals surface area contributed by atoms with Crippen LogP contribution < -0.4 is 9.47 Å². The van der Waals surface area contributed by atoms with E-state index in [0.29, 0.717) is 12.5 Å². The van der Waals surface area contributed by atoms with Crippen LogP contribution >= 0.6 is 27.5 Å². The quantitative estimate of drug-likeness (QED) is 0.621. The molecule has 4 heteroatoms. The van der Waals surface area contributed by atoms with Gasteiger partial charge in [-0.15, -0.1) is 11.6 Å². The van der Waals surface area contributed by atoms with Crippen molar-refractivity contribution >= 4 is 27.5 Å². The molecule has 0 amide bonds. The fraction of sp³-hybridized carbons (Fsp3) is 0.294.